The van der Waals surface area contributed by atoms with Crippen LogP contribution in [-0.2, 0) is 26.4 Å². The molecule has 1 aliphatic rings. The lowest BCUT2D eigenvalue weighted by molar-refractivity contribution is 0.174. The Labute approximate surface area is 128 Å². The maximum Gasteiger partial charge on any atom is 0.231 e. The fraction of sp³-hybridized carbons (Fsp3) is 0.200. The minimum Gasteiger partial charge on any atom is -0.766 e. The molecule has 0 aromatic heterocycles. The largest absolute Gasteiger partial charge is 0.766 e. The molecular formula is C15H13O4S2-. The molecule has 2 aromatic rings. The minimum absolute atomic E-state index is 0.166. The van der Waals surface area contributed by atoms with Crippen LogP contribution in [0.3, 0.4) is 0 Å². The van der Waals surface area contributed by atoms with E-state index in [2.05, 4.69) is 11.2 Å². The van der Waals surface area contributed by atoms with E-state index >= 15 is 0 Å². The summed E-state index contributed by atoms with van der Waals surface area (Å²) in [5.74, 6) is 1.45. The molecule has 4 nitrogen and oxygen atoms in total. The summed E-state index contributed by atoms with van der Waals surface area (Å²) in [5, 5.41) is 0. The maximum atomic E-state index is 11.5. The van der Waals surface area contributed by atoms with Crippen LogP contribution < -0.4 is 9.47 Å². The molecule has 6 heteroatoms. The van der Waals surface area contributed by atoms with Crippen LogP contribution >= 0.6 is 0 Å². The van der Waals surface area contributed by atoms with Crippen LogP contribution in [0.25, 0.3) is 0 Å². The third-order valence-corrected chi connectivity index (χ3v) is 4.85. The van der Waals surface area contributed by atoms with Gasteiger partial charge in [0.25, 0.3) is 0 Å². The lowest BCUT2D eigenvalue weighted by Crippen LogP contribution is -2.00. The molecule has 0 spiro atoms. The zero-order valence-electron chi connectivity index (χ0n) is 11.3. The number of hydrogen-bond donors (Lipinski definition) is 0. The summed E-state index contributed by atoms with van der Waals surface area (Å²) in [5.41, 5.74) is 2.98. The first-order chi connectivity index (χ1) is 9.93. The molecule has 2 aromatic carbocycles. The van der Waals surface area contributed by atoms with Gasteiger partial charge in [-0.05, 0) is 74.3 Å². The lowest BCUT2D eigenvalue weighted by Gasteiger charge is -2.14. The Morgan fingerprint density at radius 3 is 2.71 bits per heavy atom. The van der Waals surface area contributed by atoms with E-state index < -0.39 is 8.77 Å². The lowest BCUT2D eigenvalue weighted by atomic mass is 10.0. The summed E-state index contributed by atoms with van der Waals surface area (Å²) in [6.45, 7) is 2.18. The van der Waals surface area contributed by atoms with Crippen LogP contribution in [0.1, 0.15) is 16.7 Å². The highest BCUT2D eigenvalue weighted by molar-refractivity contribution is 8.29. The van der Waals surface area contributed by atoms with E-state index in [-0.39, 0.29) is 11.7 Å². The second-order valence-electron chi connectivity index (χ2n) is 4.91. The summed E-state index contributed by atoms with van der Waals surface area (Å²) in [4.78, 5) is 0.166. The summed E-state index contributed by atoms with van der Waals surface area (Å²) in [7, 11) is -3.61. The molecule has 0 N–H and O–H groups in total. The van der Waals surface area contributed by atoms with E-state index in [9.17, 15) is 8.76 Å². The van der Waals surface area contributed by atoms with Gasteiger partial charge in [0.1, 0.15) is 0 Å². The van der Waals surface area contributed by atoms with Gasteiger partial charge in [-0.2, -0.15) is 0 Å². The van der Waals surface area contributed by atoms with E-state index in [1.807, 2.05) is 25.1 Å². The number of hydrogen-bond acceptors (Lipinski definition) is 5. The van der Waals surface area contributed by atoms with Gasteiger partial charge in [-0.3, -0.25) is 4.21 Å². The minimum atomic E-state index is -3.61. The van der Waals surface area contributed by atoms with E-state index in [1.54, 1.807) is 18.2 Å². The van der Waals surface area contributed by atoms with Crippen molar-refractivity contribution in [2.75, 3.05) is 6.79 Å². The molecule has 1 atom stereocenters. The monoisotopic (exact) mass is 321 g/mol. The van der Waals surface area contributed by atoms with Crippen molar-refractivity contribution in [2.24, 2.45) is 0 Å². The Bertz CT molecular complexity index is 797. The molecule has 0 saturated carbocycles. The van der Waals surface area contributed by atoms with Gasteiger partial charge in [0, 0.05) is 4.90 Å². The van der Waals surface area contributed by atoms with E-state index in [4.69, 9.17) is 9.47 Å². The summed E-state index contributed by atoms with van der Waals surface area (Å²) in [6.07, 6.45) is 0.612. The number of fused-ring (bicyclic) bond motifs is 1. The highest BCUT2D eigenvalue weighted by Gasteiger charge is 2.14. The van der Waals surface area contributed by atoms with Gasteiger partial charge in [0.2, 0.25) is 6.79 Å². The zero-order chi connectivity index (χ0) is 15.0. The average Bonchev–Trinajstić information content (AvgIpc) is 2.87. The fourth-order valence-electron chi connectivity index (χ4n) is 2.26. The second kappa shape index (κ2) is 5.29. The molecule has 0 saturated heterocycles. The Balaban J connectivity index is 1.94. The second-order valence-corrected chi connectivity index (χ2v) is 7.60. The van der Waals surface area contributed by atoms with Crippen LogP contribution in [0.4, 0.5) is 0 Å². The molecule has 3 rings (SSSR count). The highest BCUT2D eigenvalue weighted by Crippen LogP contribution is 2.33. The molecule has 0 bridgehead atoms. The Hall–Kier alpha value is -1.63. The van der Waals surface area contributed by atoms with Crippen molar-refractivity contribution in [1.82, 2.24) is 0 Å². The van der Waals surface area contributed by atoms with E-state index in [0.29, 0.717) is 6.42 Å². The number of ether oxygens (including phenoxy) is 2. The maximum absolute atomic E-state index is 11.5. The molecule has 0 radical (unpaired) electrons. The average molecular weight is 321 g/mol. The highest BCUT2D eigenvalue weighted by atomic mass is 32.8. The predicted octanol–water partition coefficient (Wildman–Crippen LogP) is 2.55. The number of aryl methyl sites for hydroxylation is 1. The predicted molar refractivity (Wildman–Crippen MR) is 81.1 cm³/mol. The standard InChI is InChI=1S/C15H14O4S2/c1-10-2-4-13(21(16,17)20)8-12(10)6-11-3-5-14-15(7-11)19-9-18-14/h2-5,7-8H,6,9H2,1H3,(H,16,17,20)/p-1. The van der Waals surface area contributed by atoms with Crippen molar-refractivity contribution in [1.29, 1.82) is 0 Å². The normalized spacial score (nSPS) is 15.7. The first-order valence-corrected chi connectivity index (χ1v) is 8.78. The topological polar surface area (TPSA) is 58.6 Å². The SMILES string of the molecule is Cc1ccc(S(=O)([O-])=S)cc1Cc1ccc2c(c1)OCO2. The Morgan fingerprint density at radius 2 is 1.95 bits per heavy atom. The van der Waals surface area contributed by atoms with E-state index in [1.165, 1.54) is 0 Å². The van der Waals surface area contributed by atoms with E-state index in [0.717, 1.165) is 28.2 Å². The molecule has 0 aliphatic carbocycles. The van der Waals surface area contributed by atoms with Gasteiger partial charge in [-0.15, -0.1) is 0 Å². The summed E-state index contributed by atoms with van der Waals surface area (Å²) < 4.78 is 33.6. The molecule has 1 heterocycles. The van der Waals surface area contributed by atoms with Crippen LogP contribution in [-0.4, -0.2) is 15.6 Å². The molecule has 1 aliphatic heterocycles. The van der Waals surface area contributed by atoms with Gasteiger partial charge in [0.15, 0.2) is 11.5 Å². The summed E-state index contributed by atoms with van der Waals surface area (Å²) in [6, 6.07) is 10.7. The Morgan fingerprint density at radius 1 is 1.19 bits per heavy atom. The van der Waals surface area contributed by atoms with Crippen LogP contribution in [0.2, 0.25) is 0 Å². The van der Waals surface area contributed by atoms with Crippen molar-refractivity contribution in [3.63, 3.8) is 0 Å². The Kier molecular flexibility index (Phi) is 3.61. The molecular weight excluding hydrogens is 308 g/mol. The van der Waals surface area contributed by atoms with Crippen molar-refractivity contribution in [3.8, 4) is 11.5 Å². The van der Waals surface area contributed by atoms with Crippen molar-refractivity contribution in [3.05, 3.63) is 53.1 Å². The molecule has 0 fully saturated rings. The fourth-order valence-corrected chi connectivity index (χ4v) is 3.10. The third-order valence-electron chi connectivity index (χ3n) is 3.44. The van der Waals surface area contributed by atoms with Gasteiger partial charge in [-0.25, -0.2) is 0 Å². The molecule has 110 valence electrons. The van der Waals surface area contributed by atoms with Gasteiger partial charge in [-0.1, -0.05) is 12.1 Å². The first-order valence-electron chi connectivity index (χ1n) is 6.37. The molecule has 1 unspecified atom stereocenters. The van der Waals surface area contributed by atoms with Crippen LogP contribution in [0.15, 0.2) is 41.3 Å². The molecule has 21 heavy (non-hydrogen) atoms. The van der Waals surface area contributed by atoms with Gasteiger partial charge in [0.05, 0.1) is 0 Å². The van der Waals surface area contributed by atoms with Crippen LogP contribution in [0.5, 0.6) is 11.5 Å². The quantitative estimate of drug-likeness (QED) is 0.869. The van der Waals surface area contributed by atoms with Crippen molar-refractivity contribution < 1.29 is 18.2 Å². The number of rotatable bonds is 3. The zero-order valence-corrected chi connectivity index (χ0v) is 13.0. The number of benzene rings is 2. The van der Waals surface area contributed by atoms with Crippen molar-refractivity contribution in [2.45, 2.75) is 18.2 Å². The summed E-state index contributed by atoms with van der Waals surface area (Å²) >= 11 is 4.52. The van der Waals surface area contributed by atoms with Crippen LogP contribution in [0, 0.1) is 6.92 Å². The first kappa shape index (κ1) is 14.3. The third kappa shape index (κ3) is 3.02. The van der Waals surface area contributed by atoms with Gasteiger partial charge >= 0.3 is 0 Å². The molecule has 0 amide bonds. The van der Waals surface area contributed by atoms with Gasteiger partial charge < -0.3 is 14.0 Å². The smallest absolute Gasteiger partial charge is 0.231 e. The van der Waals surface area contributed by atoms with Crippen molar-refractivity contribution >= 4 is 20.0 Å².